The maximum absolute atomic E-state index is 13.5. The van der Waals surface area contributed by atoms with E-state index in [-0.39, 0.29) is 6.61 Å². The highest BCUT2D eigenvalue weighted by Crippen LogP contribution is 2.32. The minimum atomic E-state index is -4.13. The summed E-state index contributed by atoms with van der Waals surface area (Å²) in [5.74, 6) is -8.83. The van der Waals surface area contributed by atoms with Gasteiger partial charge < -0.3 is 10.5 Å². The van der Waals surface area contributed by atoms with Crippen molar-refractivity contribution in [1.82, 2.24) is 0 Å². The molecule has 0 aliphatic heterocycles. The van der Waals surface area contributed by atoms with Gasteiger partial charge in [-0.1, -0.05) is 12.1 Å². The van der Waals surface area contributed by atoms with E-state index in [1.807, 2.05) is 0 Å². The van der Waals surface area contributed by atoms with Gasteiger partial charge in [0.25, 0.3) is 0 Å². The number of ether oxygens (including phenoxy) is 1. The van der Waals surface area contributed by atoms with Crippen molar-refractivity contribution in [2.24, 2.45) is 5.73 Å². The third kappa shape index (κ3) is 2.61. The van der Waals surface area contributed by atoms with Crippen LogP contribution in [0.4, 0.5) is 17.6 Å². The van der Waals surface area contributed by atoms with E-state index in [0.717, 1.165) is 18.2 Å². The van der Waals surface area contributed by atoms with Gasteiger partial charge in [0.15, 0.2) is 11.6 Å². The molecule has 0 radical (unpaired) electrons. The maximum Gasteiger partial charge on any atom is 0.379 e. The number of carbonyl (C=O) groups is 1. The van der Waals surface area contributed by atoms with Crippen LogP contribution in [0, 0.1) is 11.6 Å². The average Bonchev–Trinajstić information content (AvgIpc) is 2.32. The largest absolute Gasteiger partial charge is 0.462 e. The lowest BCUT2D eigenvalue weighted by molar-refractivity contribution is -0.174. The molecule has 1 rings (SSSR count). The van der Waals surface area contributed by atoms with Gasteiger partial charge in [-0.05, 0) is 13.0 Å². The van der Waals surface area contributed by atoms with Crippen molar-refractivity contribution >= 4 is 5.97 Å². The molecular formula is C11H11F4NO2. The van der Waals surface area contributed by atoms with Crippen molar-refractivity contribution in [3.63, 3.8) is 0 Å². The summed E-state index contributed by atoms with van der Waals surface area (Å²) in [6.07, 6.45) is 0. The molecule has 0 aliphatic rings. The highest BCUT2D eigenvalue weighted by molar-refractivity contribution is 5.78. The molecule has 1 aromatic rings. The zero-order chi connectivity index (χ0) is 13.9. The van der Waals surface area contributed by atoms with Crippen LogP contribution in [0.2, 0.25) is 0 Å². The van der Waals surface area contributed by atoms with Crippen LogP contribution in [0.25, 0.3) is 0 Å². The van der Waals surface area contributed by atoms with Crippen LogP contribution in [-0.2, 0) is 9.53 Å². The van der Waals surface area contributed by atoms with Gasteiger partial charge in [0.05, 0.1) is 6.61 Å². The monoisotopic (exact) mass is 265 g/mol. The Hall–Kier alpha value is -1.63. The summed E-state index contributed by atoms with van der Waals surface area (Å²) in [5.41, 5.74) is 4.33. The molecule has 0 amide bonds. The van der Waals surface area contributed by atoms with Crippen molar-refractivity contribution < 1.29 is 27.1 Å². The molecule has 0 unspecified atom stereocenters. The maximum atomic E-state index is 13.5. The molecule has 3 nitrogen and oxygen atoms in total. The van der Waals surface area contributed by atoms with Gasteiger partial charge in [-0.15, -0.1) is 0 Å². The summed E-state index contributed by atoms with van der Waals surface area (Å²) in [6.45, 7) is 1.06. The molecule has 7 heteroatoms. The third-order valence-corrected chi connectivity index (χ3v) is 2.25. The van der Waals surface area contributed by atoms with Crippen LogP contribution in [-0.4, -0.2) is 18.5 Å². The van der Waals surface area contributed by atoms with Gasteiger partial charge in [-0.3, -0.25) is 0 Å². The second-order valence-electron chi connectivity index (χ2n) is 3.46. The highest BCUT2D eigenvalue weighted by atomic mass is 19.3. The van der Waals surface area contributed by atoms with Crippen LogP contribution in [0.15, 0.2) is 18.2 Å². The zero-order valence-corrected chi connectivity index (χ0v) is 9.42. The van der Waals surface area contributed by atoms with Crippen molar-refractivity contribution in [1.29, 1.82) is 0 Å². The summed E-state index contributed by atoms with van der Waals surface area (Å²) < 4.78 is 57.3. The summed E-state index contributed by atoms with van der Waals surface area (Å²) in [4.78, 5) is 11.0. The Bertz CT molecular complexity index is 451. The van der Waals surface area contributed by atoms with Crippen LogP contribution in [0.1, 0.15) is 18.5 Å². The van der Waals surface area contributed by atoms with Crippen LogP contribution < -0.4 is 5.73 Å². The summed E-state index contributed by atoms with van der Waals surface area (Å²) in [7, 11) is 0. The van der Waals surface area contributed by atoms with E-state index >= 15 is 0 Å². The number of hydrogen-bond acceptors (Lipinski definition) is 3. The van der Waals surface area contributed by atoms with E-state index in [1.54, 1.807) is 0 Å². The molecule has 0 spiro atoms. The predicted octanol–water partition coefficient (Wildman–Crippen LogP) is 2.16. The molecule has 1 aromatic carbocycles. The van der Waals surface area contributed by atoms with E-state index in [9.17, 15) is 22.4 Å². The van der Waals surface area contributed by atoms with Gasteiger partial charge in [0.2, 0.25) is 0 Å². The Balaban J connectivity index is 3.09. The fourth-order valence-electron chi connectivity index (χ4n) is 1.31. The second-order valence-corrected chi connectivity index (χ2v) is 3.46. The summed E-state index contributed by atoms with van der Waals surface area (Å²) in [6, 6.07) is 0.353. The highest BCUT2D eigenvalue weighted by Gasteiger charge is 2.48. The van der Waals surface area contributed by atoms with Gasteiger partial charge in [-0.2, -0.15) is 8.78 Å². The lowest BCUT2D eigenvalue weighted by atomic mass is 10.0. The molecule has 0 aliphatic carbocycles. The van der Waals surface area contributed by atoms with Crippen molar-refractivity contribution in [2.45, 2.75) is 18.9 Å². The van der Waals surface area contributed by atoms with E-state index in [2.05, 4.69) is 4.74 Å². The quantitative estimate of drug-likeness (QED) is 0.670. The first-order chi connectivity index (χ1) is 8.32. The number of rotatable bonds is 4. The van der Waals surface area contributed by atoms with Gasteiger partial charge in [0, 0.05) is 5.56 Å². The Morgan fingerprint density at radius 2 is 2.06 bits per heavy atom. The van der Waals surface area contributed by atoms with E-state index in [1.165, 1.54) is 6.92 Å². The average molecular weight is 265 g/mol. The van der Waals surface area contributed by atoms with E-state index in [4.69, 9.17) is 5.73 Å². The fourth-order valence-corrected chi connectivity index (χ4v) is 1.31. The van der Waals surface area contributed by atoms with Crippen LogP contribution in [0.3, 0.4) is 0 Å². The van der Waals surface area contributed by atoms with Gasteiger partial charge >= 0.3 is 11.9 Å². The molecule has 100 valence electrons. The molecule has 0 fully saturated rings. The van der Waals surface area contributed by atoms with Crippen molar-refractivity contribution in [3.8, 4) is 0 Å². The van der Waals surface area contributed by atoms with E-state index in [0.29, 0.717) is 0 Å². The Morgan fingerprint density at radius 3 is 2.61 bits per heavy atom. The number of alkyl halides is 2. The first kappa shape index (κ1) is 14.4. The van der Waals surface area contributed by atoms with Gasteiger partial charge in [-0.25, -0.2) is 13.6 Å². The zero-order valence-electron chi connectivity index (χ0n) is 9.42. The Labute approximate surface area is 101 Å². The van der Waals surface area contributed by atoms with Crippen molar-refractivity contribution in [2.75, 3.05) is 6.61 Å². The van der Waals surface area contributed by atoms with Crippen LogP contribution >= 0.6 is 0 Å². The minimum absolute atomic E-state index is 0.271. The number of esters is 1. The number of benzene rings is 1. The fraction of sp³-hybridized carbons (Fsp3) is 0.364. The Morgan fingerprint density at radius 1 is 1.44 bits per heavy atom. The first-order valence-electron chi connectivity index (χ1n) is 5.06. The smallest absolute Gasteiger partial charge is 0.379 e. The predicted molar refractivity (Wildman–Crippen MR) is 54.9 cm³/mol. The molecule has 2 N–H and O–H groups in total. The second kappa shape index (κ2) is 5.34. The number of nitrogens with two attached hydrogens (primary N) is 1. The third-order valence-electron chi connectivity index (χ3n) is 2.25. The van der Waals surface area contributed by atoms with Gasteiger partial charge in [0.1, 0.15) is 6.04 Å². The van der Waals surface area contributed by atoms with Crippen molar-refractivity contribution in [3.05, 3.63) is 35.4 Å². The Kier molecular flexibility index (Phi) is 4.28. The molecular weight excluding hydrogens is 254 g/mol. The molecule has 0 heterocycles. The lowest BCUT2D eigenvalue weighted by Gasteiger charge is -2.22. The number of carbonyl (C=O) groups excluding carboxylic acids is 1. The number of hydrogen-bond donors (Lipinski definition) is 1. The molecule has 18 heavy (non-hydrogen) atoms. The normalized spacial score (nSPS) is 13.2. The lowest BCUT2D eigenvalue weighted by Crippen LogP contribution is -2.42. The summed E-state index contributed by atoms with van der Waals surface area (Å²) in [5, 5.41) is 0. The van der Waals surface area contributed by atoms with E-state index < -0.39 is 35.1 Å². The molecule has 0 bridgehead atoms. The molecule has 0 saturated heterocycles. The molecule has 0 aromatic heterocycles. The number of halogens is 4. The summed E-state index contributed by atoms with van der Waals surface area (Å²) >= 11 is 0. The topological polar surface area (TPSA) is 52.3 Å². The standard InChI is InChI=1S/C11H11F4NO2/c1-2-18-10(17)11(14,15)9(16)6-4-3-5-7(12)8(6)13/h3-5,9H,2,16H2,1H3/t9-/m1/s1. The molecule has 0 saturated carbocycles. The SMILES string of the molecule is CCOC(=O)C(F)(F)[C@H](N)c1cccc(F)c1F. The van der Waals surface area contributed by atoms with Crippen LogP contribution in [0.5, 0.6) is 0 Å². The molecule has 1 atom stereocenters. The first-order valence-corrected chi connectivity index (χ1v) is 5.06. The minimum Gasteiger partial charge on any atom is -0.462 e.